The zero-order valence-electron chi connectivity index (χ0n) is 25.0. The normalized spacial score (nSPS) is 16.8. The predicted molar refractivity (Wildman–Crippen MR) is 170 cm³/mol. The maximum atomic E-state index is 16.2. The van der Waals surface area contributed by atoms with Crippen LogP contribution < -0.4 is 15.9 Å². The standard InChI is InChI=1S/C32H31F2N7O3S/c1-5-25(43)39-12-13-40(18(4)16-39)30-19-15-21(34)28-26-20(33)7-6-8-22(26)36-24(42)10-14-45-23-9-11-35-27(17(2)3)29(23)41(31(19)37-28)32(44)38-30/h5-9,11,15,17-18H,1,10,12-14,16H2,2-4H3,(H,36,42)/t18-/m1/s1. The first kappa shape index (κ1) is 30.4. The van der Waals surface area contributed by atoms with Gasteiger partial charge in [-0.3, -0.25) is 14.6 Å². The number of rotatable bonds is 3. The molecule has 6 rings (SSSR count). The molecule has 45 heavy (non-hydrogen) atoms. The van der Waals surface area contributed by atoms with E-state index in [1.165, 1.54) is 40.6 Å². The fraction of sp³-hybridized carbons (Fsp3) is 0.312. The van der Waals surface area contributed by atoms with Gasteiger partial charge in [0.25, 0.3) is 0 Å². The molecular weight excluding hydrogens is 600 g/mol. The van der Waals surface area contributed by atoms with Crippen LogP contribution in [0.25, 0.3) is 28.0 Å². The van der Waals surface area contributed by atoms with Crippen molar-refractivity contribution < 1.29 is 18.4 Å². The summed E-state index contributed by atoms with van der Waals surface area (Å²) in [5.41, 5.74) is -0.115. The summed E-state index contributed by atoms with van der Waals surface area (Å²) in [5, 5.41) is 2.95. The van der Waals surface area contributed by atoms with Gasteiger partial charge in [-0.2, -0.15) is 4.98 Å². The molecule has 2 aliphatic heterocycles. The minimum atomic E-state index is -0.857. The first-order valence-corrected chi connectivity index (χ1v) is 15.6. The van der Waals surface area contributed by atoms with E-state index >= 15 is 8.78 Å². The summed E-state index contributed by atoms with van der Waals surface area (Å²) >= 11 is 1.37. The third-order valence-corrected chi connectivity index (χ3v) is 9.03. The monoisotopic (exact) mass is 631 g/mol. The van der Waals surface area contributed by atoms with Gasteiger partial charge < -0.3 is 15.1 Å². The lowest BCUT2D eigenvalue weighted by Crippen LogP contribution is -2.54. The highest BCUT2D eigenvalue weighted by atomic mass is 32.2. The van der Waals surface area contributed by atoms with Crippen molar-refractivity contribution in [2.45, 2.75) is 44.0 Å². The fourth-order valence-corrected chi connectivity index (χ4v) is 6.85. The molecule has 1 fully saturated rings. The summed E-state index contributed by atoms with van der Waals surface area (Å²) < 4.78 is 33.0. The number of amides is 2. The van der Waals surface area contributed by atoms with Crippen molar-refractivity contribution in [1.82, 2.24) is 24.4 Å². The van der Waals surface area contributed by atoms with E-state index in [1.807, 2.05) is 25.7 Å². The third-order valence-electron chi connectivity index (χ3n) is 7.98. The van der Waals surface area contributed by atoms with Crippen LogP contribution in [0.1, 0.15) is 38.8 Å². The smallest absolute Gasteiger partial charge is 0.350 e. The van der Waals surface area contributed by atoms with E-state index in [4.69, 9.17) is 0 Å². The van der Waals surface area contributed by atoms with Crippen LogP contribution in [0.15, 0.2) is 58.9 Å². The van der Waals surface area contributed by atoms with Crippen molar-refractivity contribution in [3.05, 3.63) is 77.0 Å². The molecule has 0 saturated carbocycles. The molecule has 13 heteroatoms. The first-order valence-electron chi connectivity index (χ1n) is 14.6. The zero-order valence-corrected chi connectivity index (χ0v) is 25.8. The van der Waals surface area contributed by atoms with Crippen LogP contribution in [0.5, 0.6) is 0 Å². The fourth-order valence-electron chi connectivity index (χ4n) is 5.85. The van der Waals surface area contributed by atoms with Gasteiger partial charge in [0.1, 0.15) is 17.3 Å². The summed E-state index contributed by atoms with van der Waals surface area (Å²) in [6.07, 6.45) is 2.97. The number of thioether (sulfide) groups is 1. The number of carbonyl (C=O) groups excluding carboxylic acids is 2. The van der Waals surface area contributed by atoms with Crippen molar-refractivity contribution >= 4 is 46.1 Å². The number of halogens is 2. The van der Waals surface area contributed by atoms with Crippen LogP contribution >= 0.6 is 11.8 Å². The van der Waals surface area contributed by atoms with E-state index in [2.05, 4.69) is 26.8 Å². The Bertz CT molecular complexity index is 1930. The number of aromatic nitrogens is 4. The van der Waals surface area contributed by atoms with Gasteiger partial charge in [-0.25, -0.2) is 23.1 Å². The number of hydrogen-bond acceptors (Lipinski definition) is 8. The van der Waals surface area contributed by atoms with Crippen molar-refractivity contribution in [1.29, 1.82) is 0 Å². The maximum Gasteiger partial charge on any atom is 0.355 e. The second-order valence-corrected chi connectivity index (χ2v) is 12.4. The molecule has 10 nitrogen and oxygen atoms in total. The van der Waals surface area contributed by atoms with E-state index in [0.717, 1.165) is 6.07 Å². The molecule has 3 aromatic heterocycles. The van der Waals surface area contributed by atoms with Crippen LogP contribution in [0.4, 0.5) is 20.3 Å². The average molecular weight is 632 g/mol. The van der Waals surface area contributed by atoms with Crippen LogP contribution in [0.2, 0.25) is 0 Å². The van der Waals surface area contributed by atoms with Crippen molar-refractivity contribution in [2.24, 2.45) is 0 Å². The highest BCUT2D eigenvalue weighted by molar-refractivity contribution is 7.99. The Hall–Kier alpha value is -4.65. The number of fused-ring (bicyclic) bond motifs is 5. The minimum absolute atomic E-state index is 0.0646. The maximum absolute atomic E-state index is 16.2. The van der Waals surface area contributed by atoms with Gasteiger partial charge in [0, 0.05) is 48.9 Å². The molecule has 0 unspecified atom stereocenters. The van der Waals surface area contributed by atoms with Crippen LogP contribution in [-0.2, 0) is 9.59 Å². The summed E-state index contributed by atoms with van der Waals surface area (Å²) in [7, 11) is 0. The molecule has 5 heterocycles. The topological polar surface area (TPSA) is 113 Å². The Morgan fingerprint density at radius 1 is 1.16 bits per heavy atom. The van der Waals surface area contributed by atoms with E-state index in [9.17, 15) is 14.4 Å². The Balaban J connectivity index is 1.69. The number of pyridine rings is 2. The lowest BCUT2D eigenvalue weighted by Gasteiger charge is -2.40. The first-order chi connectivity index (χ1) is 21.6. The average Bonchev–Trinajstić information content (AvgIpc) is 3.01. The third kappa shape index (κ3) is 5.45. The molecule has 2 bridgehead atoms. The molecule has 1 atom stereocenters. The highest BCUT2D eigenvalue weighted by Gasteiger charge is 2.31. The largest absolute Gasteiger partial charge is 0.355 e. The van der Waals surface area contributed by atoms with Gasteiger partial charge >= 0.3 is 5.69 Å². The predicted octanol–water partition coefficient (Wildman–Crippen LogP) is 4.90. The minimum Gasteiger partial charge on any atom is -0.350 e. The molecule has 232 valence electrons. The van der Waals surface area contributed by atoms with Crippen LogP contribution in [0.3, 0.4) is 0 Å². The van der Waals surface area contributed by atoms with Gasteiger partial charge in [0.2, 0.25) is 11.8 Å². The molecule has 1 N–H and O–H groups in total. The molecule has 0 spiro atoms. The molecule has 2 aliphatic rings. The Labute approximate surface area is 262 Å². The number of nitrogens with one attached hydrogen (secondary N) is 1. The Morgan fingerprint density at radius 2 is 1.96 bits per heavy atom. The van der Waals surface area contributed by atoms with E-state index in [-0.39, 0.29) is 64.0 Å². The highest BCUT2D eigenvalue weighted by Crippen LogP contribution is 2.38. The Morgan fingerprint density at radius 3 is 2.69 bits per heavy atom. The number of piperazine rings is 1. The van der Waals surface area contributed by atoms with Crippen molar-refractivity contribution in [2.75, 3.05) is 35.6 Å². The van der Waals surface area contributed by atoms with E-state index in [1.54, 1.807) is 17.2 Å². The summed E-state index contributed by atoms with van der Waals surface area (Å²) in [4.78, 5) is 57.3. The van der Waals surface area contributed by atoms with E-state index < -0.39 is 17.3 Å². The quantitative estimate of drug-likeness (QED) is 0.318. The molecule has 4 aromatic rings. The zero-order chi connectivity index (χ0) is 32.0. The molecule has 1 saturated heterocycles. The van der Waals surface area contributed by atoms with Gasteiger partial charge in [-0.05, 0) is 43.2 Å². The van der Waals surface area contributed by atoms with Gasteiger partial charge in [-0.15, -0.1) is 11.8 Å². The number of nitrogens with zero attached hydrogens (tertiary/aromatic N) is 6. The van der Waals surface area contributed by atoms with Gasteiger partial charge in [-0.1, -0.05) is 26.5 Å². The number of hydrogen-bond donors (Lipinski definition) is 1. The molecule has 1 aromatic carbocycles. The SMILES string of the molecule is C=CC(=O)N1CCN(c2nc(=O)n3c4nc(c(F)cc24)-c2c(F)cccc2NC(=O)CCSc2ccnc(C(C)C)c2-3)[C@H](C)C1. The van der Waals surface area contributed by atoms with Gasteiger partial charge in [0.15, 0.2) is 11.5 Å². The van der Waals surface area contributed by atoms with Crippen molar-refractivity contribution in [3.63, 3.8) is 0 Å². The van der Waals surface area contributed by atoms with Crippen LogP contribution in [-0.4, -0.2) is 67.7 Å². The second-order valence-electron chi connectivity index (χ2n) is 11.3. The number of anilines is 2. The summed E-state index contributed by atoms with van der Waals surface area (Å²) in [6, 6.07) is 6.76. The summed E-state index contributed by atoms with van der Waals surface area (Å²) in [6.45, 7) is 10.3. The summed E-state index contributed by atoms with van der Waals surface area (Å²) in [5.74, 6) is -1.81. The lowest BCUT2D eigenvalue weighted by atomic mass is 10.1. The molecule has 0 aliphatic carbocycles. The lowest BCUT2D eigenvalue weighted by molar-refractivity contribution is -0.126. The molecule has 0 radical (unpaired) electrons. The van der Waals surface area contributed by atoms with Crippen LogP contribution in [0, 0.1) is 11.6 Å². The second kappa shape index (κ2) is 12.0. The Kier molecular flexibility index (Phi) is 8.12. The van der Waals surface area contributed by atoms with Gasteiger partial charge in [0.05, 0.1) is 28.0 Å². The number of carbonyl (C=O) groups is 2. The molecule has 2 amide bonds. The number of benzene rings is 1. The van der Waals surface area contributed by atoms with Crippen molar-refractivity contribution in [3.8, 4) is 16.9 Å². The van der Waals surface area contributed by atoms with E-state index in [0.29, 0.717) is 41.7 Å². The molecular formula is C32H31F2N7O3S.